The first-order valence-corrected chi connectivity index (χ1v) is 10.4. The fourth-order valence-corrected chi connectivity index (χ4v) is 2.68. The molecule has 7 nitrogen and oxygen atoms in total. The van der Waals surface area contributed by atoms with Crippen molar-refractivity contribution in [2.75, 3.05) is 26.9 Å². The predicted octanol–water partition coefficient (Wildman–Crippen LogP) is 4.08. The van der Waals surface area contributed by atoms with Gasteiger partial charge in [-0.15, -0.1) is 24.0 Å². The summed E-state index contributed by atoms with van der Waals surface area (Å²) in [5.74, 6) is 2.23. The Balaban J connectivity index is 0.00000480. The Morgan fingerprint density at radius 3 is 2.58 bits per heavy atom. The summed E-state index contributed by atoms with van der Waals surface area (Å²) in [6.45, 7) is 11.1. The molecule has 31 heavy (non-hydrogen) atoms. The molecule has 1 heterocycles. The number of nitrogens with zero attached hydrogens (tertiary/aromatic N) is 2. The van der Waals surface area contributed by atoms with Crippen LogP contribution in [0.3, 0.4) is 0 Å². The molecule has 0 spiro atoms. The Bertz CT molecular complexity index is 798. The summed E-state index contributed by atoms with van der Waals surface area (Å²) >= 11 is 0. The molecule has 0 aliphatic heterocycles. The monoisotopic (exact) mass is 542 g/mol. The van der Waals surface area contributed by atoms with Gasteiger partial charge in [-0.1, -0.05) is 18.2 Å². The normalized spacial score (nSPS) is 11.1. The zero-order valence-electron chi connectivity index (χ0n) is 19.1. The van der Waals surface area contributed by atoms with Gasteiger partial charge in [0.05, 0.1) is 19.3 Å². The lowest BCUT2D eigenvalue weighted by atomic mass is 10.1. The van der Waals surface area contributed by atoms with E-state index in [4.69, 9.17) is 14.2 Å². The Labute approximate surface area is 203 Å². The molecule has 0 amide bonds. The molecule has 0 aliphatic carbocycles. The van der Waals surface area contributed by atoms with E-state index >= 15 is 0 Å². The molecule has 8 heteroatoms. The maximum Gasteiger partial charge on any atom is 0.213 e. The van der Waals surface area contributed by atoms with Gasteiger partial charge in [-0.25, -0.2) is 9.98 Å². The van der Waals surface area contributed by atoms with Gasteiger partial charge in [0.2, 0.25) is 5.88 Å². The van der Waals surface area contributed by atoms with Crippen molar-refractivity contribution in [3.63, 3.8) is 0 Å². The molecule has 1 aromatic heterocycles. The summed E-state index contributed by atoms with van der Waals surface area (Å²) < 4.78 is 16.4. The second-order valence-electron chi connectivity index (χ2n) is 7.17. The number of hydrogen-bond acceptors (Lipinski definition) is 5. The van der Waals surface area contributed by atoms with Gasteiger partial charge in [-0.3, -0.25) is 0 Å². The van der Waals surface area contributed by atoms with Crippen molar-refractivity contribution in [1.29, 1.82) is 0 Å². The van der Waals surface area contributed by atoms with Gasteiger partial charge in [0, 0.05) is 38.0 Å². The number of nitrogens with one attached hydrogen (secondary N) is 2. The molecule has 0 radical (unpaired) electrons. The van der Waals surface area contributed by atoms with Gasteiger partial charge in [0.15, 0.2) is 5.96 Å². The number of aromatic nitrogens is 1. The smallest absolute Gasteiger partial charge is 0.213 e. The molecule has 0 fully saturated rings. The highest BCUT2D eigenvalue weighted by Gasteiger charge is 2.07. The second kappa shape index (κ2) is 14.9. The molecule has 2 aromatic rings. The number of ether oxygens (including phenoxy) is 3. The van der Waals surface area contributed by atoms with E-state index in [0.717, 1.165) is 29.4 Å². The summed E-state index contributed by atoms with van der Waals surface area (Å²) in [5, 5.41) is 6.67. The highest BCUT2D eigenvalue weighted by atomic mass is 127. The molecule has 0 atom stereocenters. The summed E-state index contributed by atoms with van der Waals surface area (Å²) in [5.41, 5.74) is 3.28. The summed E-state index contributed by atoms with van der Waals surface area (Å²) in [6, 6.07) is 10.1. The van der Waals surface area contributed by atoms with Crippen LogP contribution in [0.5, 0.6) is 11.6 Å². The van der Waals surface area contributed by atoms with E-state index in [0.29, 0.717) is 32.2 Å². The highest BCUT2D eigenvalue weighted by molar-refractivity contribution is 14.0. The van der Waals surface area contributed by atoms with E-state index in [2.05, 4.69) is 45.7 Å². The van der Waals surface area contributed by atoms with Crippen molar-refractivity contribution in [1.82, 2.24) is 15.6 Å². The maximum atomic E-state index is 5.97. The average molecular weight is 542 g/mol. The van der Waals surface area contributed by atoms with E-state index in [9.17, 15) is 0 Å². The first-order valence-electron chi connectivity index (χ1n) is 10.4. The number of benzene rings is 1. The van der Waals surface area contributed by atoms with E-state index in [1.807, 2.05) is 32.9 Å². The van der Waals surface area contributed by atoms with Crippen LogP contribution < -0.4 is 20.1 Å². The third kappa shape index (κ3) is 10.2. The summed E-state index contributed by atoms with van der Waals surface area (Å²) in [6.07, 6.45) is 1.91. The quantitative estimate of drug-likeness (QED) is 0.193. The van der Waals surface area contributed by atoms with Crippen LogP contribution in [0.15, 0.2) is 41.5 Å². The number of hydrogen-bond donors (Lipinski definition) is 2. The minimum absolute atomic E-state index is 0. The molecular weight excluding hydrogens is 507 g/mol. The Morgan fingerprint density at radius 1 is 1.13 bits per heavy atom. The van der Waals surface area contributed by atoms with Crippen molar-refractivity contribution in [2.45, 2.75) is 46.9 Å². The van der Waals surface area contributed by atoms with Crippen LogP contribution in [0.4, 0.5) is 0 Å². The van der Waals surface area contributed by atoms with Crippen LogP contribution in [-0.2, 0) is 17.8 Å². The lowest BCUT2D eigenvalue weighted by molar-refractivity contribution is 0.143. The first-order chi connectivity index (χ1) is 14.5. The molecule has 2 rings (SSSR count). The molecule has 1 aromatic carbocycles. The van der Waals surface area contributed by atoms with E-state index in [1.54, 1.807) is 13.3 Å². The fraction of sp³-hybridized carbons (Fsp3) is 0.478. The Hall–Kier alpha value is -2.07. The van der Waals surface area contributed by atoms with E-state index < -0.39 is 0 Å². The number of guanidine groups is 1. The topological polar surface area (TPSA) is 77.0 Å². The second-order valence-corrected chi connectivity index (χ2v) is 7.17. The SMILES string of the molecule is CCNC(=NCc1ccc(OCCOC)nc1)NCc1ccc(C)cc1OC(C)C.I. The van der Waals surface area contributed by atoms with E-state index in [-0.39, 0.29) is 30.1 Å². The van der Waals surface area contributed by atoms with Gasteiger partial charge in [0.25, 0.3) is 0 Å². The average Bonchev–Trinajstić information content (AvgIpc) is 2.72. The molecule has 0 saturated carbocycles. The standard InChI is InChI=1S/C23H34N4O3.HI/c1-6-24-23(26-15-19-8-10-22(25-14-19)29-12-11-28-5)27-16-20-9-7-18(4)13-21(20)30-17(2)3;/h7-10,13-14,17H,6,11-12,15-16H2,1-5H3,(H2,24,26,27);1H. The lowest BCUT2D eigenvalue weighted by Crippen LogP contribution is -2.36. The van der Waals surface area contributed by atoms with Crippen LogP contribution in [0.2, 0.25) is 0 Å². The maximum absolute atomic E-state index is 5.97. The van der Waals surface area contributed by atoms with Gasteiger partial charge in [-0.05, 0) is 44.9 Å². The fourth-order valence-electron chi connectivity index (χ4n) is 2.68. The molecule has 2 N–H and O–H groups in total. The minimum atomic E-state index is 0. The van der Waals surface area contributed by atoms with Gasteiger partial charge in [0.1, 0.15) is 12.4 Å². The minimum Gasteiger partial charge on any atom is -0.491 e. The van der Waals surface area contributed by atoms with Gasteiger partial charge >= 0.3 is 0 Å². The number of halogens is 1. The molecule has 172 valence electrons. The molecule has 0 bridgehead atoms. The van der Waals surface area contributed by atoms with Gasteiger partial charge < -0.3 is 24.8 Å². The molecule has 0 saturated heterocycles. The van der Waals surface area contributed by atoms with Crippen LogP contribution in [0.1, 0.15) is 37.5 Å². The van der Waals surface area contributed by atoms with E-state index in [1.165, 1.54) is 5.56 Å². The molecule has 0 unspecified atom stereocenters. The third-order valence-corrected chi connectivity index (χ3v) is 4.13. The van der Waals surface area contributed by atoms with Crippen LogP contribution in [0, 0.1) is 6.92 Å². The zero-order valence-corrected chi connectivity index (χ0v) is 21.4. The van der Waals surface area contributed by atoms with Crippen LogP contribution in [-0.4, -0.2) is 43.9 Å². The number of methoxy groups -OCH3 is 1. The van der Waals surface area contributed by atoms with Crippen LogP contribution in [0.25, 0.3) is 0 Å². The zero-order chi connectivity index (χ0) is 21.8. The summed E-state index contributed by atoms with van der Waals surface area (Å²) in [4.78, 5) is 8.98. The lowest BCUT2D eigenvalue weighted by Gasteiger charge is -2.17. The predicted molar refractivity (Wildman–Crippen MR) is 136 cm³/mol. The van der Waals surface area contributed by atoms with Crippen LogP contribution >= 0.6 is 24.0 Å². The number of rotatable bonds is 11. The molecule has 0 aliphatic rings. The van der Waals surface area contributed by atoms with Crippen molar-refractivity contribution in [2.24, 2.45) is 4.99 Å². The summed E-state index contributed by atoms with van der Waals surface area (Å²) in [7, 11) is 1.64. The number of pyridine rings is 1. The third-order valence-electron chi connectivity index (χ3n) is 4.13. The largest absolute Gasteiger partial charge is 0.491 e. The van der Waals surface area contributed by atoms with Crippen molar-refractivity contribution < 1.29 is 14.2 Å². The number of aryl methyl sites for hydroxylation is 1. The van der Waals surface area contributed by atoms with Crippen molar-refractivity contribution >= 4 is 29.9 Å². The van der Waals surface area contributed by atoms with Gasteiger partial charge in [-0.2, -0.15) is 0 Å². The Kier molecular flexibility index (Phi) is 12.9. The highest BCUT2D eigenvalue weighted by Crippen LogP contribution is 2.21. The van der Waals surface area contributed by atoms with Crippen molar-refractivity contribution in [3.05, 3.63) is 53.2 Å². The molecular formula is C23H35IN4O3. The van der Waals surface area contributed by atoms with Crippen molar-refractivity contribution in [3.8, 4) is 11.6 Å². The Morgan fingerprint density at radius 2 is 1.94 bits per heavy atom. The number of aliphatic imine (C=N–C) groups is 1. The first kappa shape index (κ1) is 27.0.